The van der Waals surface area contributed by atoms with Crippen LogP contribution in [0.4, 0.5) is 0 Å². The number of hydrogen-bond acceptors (Lipinski definition) is 5. The van der Waals surface area contributed by atoms with Crippen molar-refractivity contribution in [1.82, 2.24) is 0 Å². The van der Waals surface area contributed by atoms with Crippen LogP contribution in [0.15, 0.2) is 42.5 Å². The first-order valence-electron chi connectivity index (χ1n) is 7.11. The number of ketones is 1. The Labute approximate surface area is 134 Å². The van der Waals surface area contributed by atoms with Gasteiger partial charge in [-0.05, 0) is 55.8 Å². The summed E-state index contributed by atoms with van der Waals surface area (Å²) in [6.07, 6.45) is -0.961. The third-order valence-corrected chi connectivity index (χ3v) is 3.40. The minimum Gasteiger partial charge on any atom is -0.507 e. The number of phenols is 1. The van der Waals surface area contributed by atoms with Crippen LogP contribution in [0.5, 0.6) is 11.5 Å². The second kappa shape index (κ2) is 6.96. The highest BCUT2D eigenvalue weighted by molar-refractivity contribution is 6.01. The number of hydrogen-bond donors (Lipinski definition) is 1. The van der Waals surface area contributed by atoms with Crippen LogP contribution in [0.2, 0.25) is 0 Å². The number of carbonyl (C=O) groups is 2. The fraction of sp³-hybridized carbons (Fsp3) is 0.222. The lowest BCUT2D eigenvalue weighted by molar-refractivity contribution is 0.0316. The molecule has 0 radical (unpaired) electrons. The maximum atomic E-state index is 12.3. The Bertz CT molecular complexity index is 719. The smallest absolute Gasteiger partial charge is 0.342 e. The molecule has 5 nitrogen and oxygen atoms in total. The molecule has 0 bridgehead atoms. The molecule has 23 heavy (non-hydrogen) atoms. The zero-order chi connectivity index (χ0) is 17.0. The van der Waals surface area contributed by atoms with Gasteiger partial charge in [0.2, 0.25) is 5.78 Å². The quantitative estimate of drug-likeness (QED) is 0.678. The van der Waals surface area contributed by atoms with Gasteiger partial charge in [0.1, 0.15) is 17.1 Å². The van der Waals surface area contributed by atoms with Gasteiger partial charge in [-0.25, -0.2) is 4.79 Å². The molecule has 1 atom stereocenters. The van der Waals surface area contributed by atoms with Crippen molar-refractivity contribution in [3.63, 3.8) is 0 Å². The summed E-state index contributed by atoms with van der Waals surface area (Å²) in [4.78, 5) is 24.3. The van der Waals surface area contributed by atoms with Crippen molar-refractivity contribution in [2.45, 2.75) is 20.0 Å². The zero-order valence-electron chi connectivity index (χ0n) is 13.2. The molecule has 0 aliphatic rings. The second-order valence-electron chi connectivity index (χ2n) is 5.16. The molecular formula is C18H18O5. The molecule has 0 aromatic heterocycles. The number of rotatable bonds is 5. The van der Waals surface area contributed by atoms with Crippen LogP contribution in [-0.2, 0) is 4.74 Å². The van der Waals surface area contributed by atoms with E-state index in [2.05, 4.69) is 0 Å². The molecule has 1 N–H and O–H groups in total. The highest BCUT2D eigenvalue weighted by Gasteiger charge is 2.22. The first-order chi connectivity index (χ1) is 10.9. The molecule has 0 aliphatic heterocycles. The van der Waals surface area contributed by atoms with Gasteiger partial charge in [-0.3, -0.25) is 4.79 Å². The van der Waals surface area contributed by atoms with Crippen molar-refractivity contribution in [1.29, 1.82) is 0 Å². The molecule has 0 spiro atoms. The van der Waals surface area contributed by atoms with Gasteiger partial charge < -0.3 is 14.6 Å². The summed E-state index contributed by atoms with van der Waals surface area (Å²) in [5.41, 5.74) is 1.27. The van der Waals surface area contributed by atoms with Crippen molar-refractivity contribution in [2.75, 3.05) is 7.11 Å². The number of phenolic OH excluding ortho intramolecular Hbond substituents is 1. The van der Waals surface area contributed by atoms with Crippen LogP contribution in [0.25, 0.3) is 0 Å². The van der Waals surface area contributed by atoms with Gasteiger partial charge in [0.05, 0.1) is 7.11 Å². The minimum atomic E-state index is -0.961. The van der Waals surface area contributed by atoms with E-state index in [-0.39, 0.29) is 17.1 Å². The van der Waals surface area contributed by atoms with E-state index in [9.17, 15) is 14.7 Å². The van der Waals surface area contributed by atoms with E-state index < -0.39 is 12.1 Å². The molecule has 5 heteroatoms. The summed E-state index contributed by atoms with van der Waals surface area (Å²) >= 11 is 0. The molecule has 2 rings (SSSR count). The zero-order valence-corrected chi connectivity index (χ0v) is 13.2. The van der Waals surface area contributed by atoms with Crippen molar-refractivity contribution in [3.05, 3.63) is 59.2 Å². The van der Waals surface area contributed by atoms with E-state index in [1.54, 1.807) is 37.3 Å². The summed E-state index contributed by atoms with van der Waals surface area (Å²) in [5.74, 6) is -0.598. The van der Waals surface area contributed by atoms with Crippen LogP contribution < -0.4 is 4.74 Å². The lowest BCUT2D eigenvalue weighted by Crippen LogP contribution is -2.24. The van der Waals surface area contributed by atoms with E-state index in [0.717, 1.165) is 5.56 Å². The topological polar surface area (TPSA) is 72.8 Å². The predicted octanol–water partition coefficient (Wildman–Crippen LogP) is 3.14. The molecule has 0 amide bonds. The third-order valence-electron chi connectivity index (χ3n) is 3.40. The van der Waals surface area contributed by atoms with E-state index >= 15 is 0 Å². The Kier molecular flexibility index (Phi) is 5.01. The largest absolute Gasteiger partial charge is 0.507 e. The monoisotopic (exact) mass is 314 g/mol. The van der Waals surface area contributed by atoms with Crippen LogP contribution in [0, 0.1) is 6.92 Å². The highest BCUT2D eigenvalue weighted by Crippen LogP contribution is 2.21. The Morgan fingerprint density at radius 2 is 1.74 bits per heavy atom. The average Bonchev–Trinajstić information content (AvgIpc) is 2.54. The van der Waals surface area contributed by atoms with E-state index in [4.69, 9.17) is 9.47 Å². The Balaban J connectivity index is 2.09. The molecule has 0 saturated carbocycles. The first kappa shape index (κ1) is 16.5. The van der Waals surface area contributed by atoms with Crippen LogP contribution in [0.1, 0.15) is 33.2 Å². The van der Waals surface area contributed by atoms with Crippen molar-refractivity contribution >= 4 is 11.8 Å². The van der Waals surface area contributed by atoms with Crippen molar-refractivity contribution in [3.8, 4) is 11.5 Å². The van der Waals surface area contributed by atoms with Gasteiger partial charge in [0.15, 0.2) is 6.10 Å². The molecule has 2 aromatic rings. The number of carbonyl (C=O) groups excluding carboxylic acids is 2. The number of esters is 1. The highest BCUT2D eigenvalue weighted by atomic mass is 16.5. The molecule has 2 aromatic carbocycles. The summed E-state index contributed by atoms with van der Waals surface area (Å²) in [6, 6.07) is 11.2. The van der Waals surface area contributed by atoms with Gasteiger partial charge >= 0.3 is 5.97 Å². The fourth-order valence-corrected chi connectivity index (χ4v) is 2.08. The average molecular weight is 314 g/mol. The van der Waals surface area contributed by atoms with Gasteiger partial charge in [0, 0.05) is 5.56 Å². The lowest BCUT2D eigenvalue weighted by atomic mass is 10.1. The molecule has 0 aliphatic carbocycles. The normalized spacial score (nSPS) is 11.6. The van der Waals surface area contributed by atoms with E-state index in [1.807, 2.05) is 0 Å². The van der Waals surface area contributed by atoms with Gasteiger partial charge in [0.25, 0.3) is 0 Å². The maximum absolute atomic E-state index is 12.3. The predicted molar refractivity (Wildman–Crippen MR) is 85.0 cm³/mol. The van der Waals surface area contributed by atoms with E-state index in [1.165, 1.54) is 26.2 Å². The van der Waals surface area contributed by atoms with Gasteiger partial charge in [-0.2, -0.15) is 0 Å². The number of Topliss-reactive ketones (excluding diaryl/α,β-unsaturated/α-hetero) is 1. The molecule has 0 saturated heterocycles. The van der Waals surface area contributed by atoms with Crippen LogP contribution >= 0.6 is 0 Å². The Hall–Kier alpha value is -2.82. The van der Waals surface area contributed by atoms with Crippen molar-refractivity contribution < 1.29 is 24.2 Å². The molecule has 0 unspecified atom stereocenters. The van der Waals surface area contributed by atoms with E-state index in [0.29, 0.717) is 11.3 Å². The summed E-state index contributed by atoms with van der Waals surface area (Å²) in [6.45, 7) is 3.29. The number of aryl methyl sites for hydroxylation is 1. The number of aromatic hydroxyl groups is 1. The SMILES string of the molecule is COc1ccc(C(=O)[C@@H](C)OC(=O)c2ccc(C)cc2O)cc1. The van der Waals surface area contributed by atoms with Gasteiger partial charge in [-0.1, -0.05) is 6.07 Å². The summed E-state index contributed by atoms with van der Waals surface area (Å²) < 4.78 is 10.2. The summed E-state index contributed by atoms with van der Waals surface area (Å²) in [5, 5.41) is 9.79. The van der Waals surface area contributed by atoms with Crippen molar-refractivity contribution in [2.24, 2.45) is 0 Å². The third kappa shape index (κ3) is 3.88. The number of benzene rings is 2. The van der Waals surface area contributed by atoms with Crippen LogP contribution in [0.3, 0.4) is 0 Å². The standard InChI is InChI=1S/C18H18O5/c1-11-4-9-15(16(19)10-11)18(21)23-12(2)17(20)13-5-7-14(22-3)8-6-13/h4-10,12,19H,1-3H3/t12-/m1/s1. The molecule has 120 valence electrons. The summed E-state index contributed by atoms with van der Waals surface area (Å²) in [7, 11) is 1.54. The minimum absolute atomic E-state index is 0.0324. The first-order valence-corrected chi connectivity index (χ1v) is 7.11. The second-order valence-corrected chi connectivity index (χ2v) is 5.16. The number of ether oxygens (including phenoxy) is 2. The Morgan fingerprint density at radius 1 is 1.09 bits per heavy atom. The molecular weight excluding hydrogens is 296 g/mol. The number of methoxy groups -OCH3 is 1. The fourth-order valence-electron chi connectivity index (χ4n) is 2.08. The molecule has 0 fully saturated rings. The lowest BCUT2D eigenvalue weighted by Gasteiger charge is -2.13. The van der Waals surface area contributed by atoms with Crippen LogP contribution in [-0.4, -0.2) is 30.1 Å². The van der Waals surface area contributed by atoms with Gasteiger partial charge in [-0.15, -0.1) is 0 Å². The Morgan fingerprint density at radius 3 is 2.30 bits per heavy atom. The maximum Gasteiger partial charge on any atom is 0.342 e. The molecule has 0 heterocycles.